The van der Waals surface area contributed by atoms with Gasteiger partial charge in [-0.05, 0) is 43.4 Å². The summed E-state index contributed by atoms with van der Waals surface area (Å²) in [5.74, 6) is 1.30. The molecule has 3 rings (SSSR count). The van der Waals surface area contributed by atoms with Crippen molar-refractivity contribution in [1.29, 1.82) is 0 Å². The maximum atomic E-state index is 12.3. The maximum Gasteiger partial charge on any atom is 0.244 e. The largest absolute Gasteiger partial charge is 0.357 e. The molecule has 2 aromatic rings. The van der Waals surface area contributed by atoms with Crippen molar-refractivity contribution in [2.75, 3.05) is 18.0 Å². The number of carbonyl (C=O) groups is 1. The van der Waals surface area contributed by atoms with Gasteiger partial charge in [0.15, 0.2) is 0 Å². The Morgan fingerprint density at radius 2 is 1.97 bits per heavy atom. The Kier molecular flexibility index (Phi) is 7.91. The summed E-state index contributed by atoms with van der Waals surface area (Å²) in [5.41, 5.74) is 2.59. The van der Waals surface area contributed by atoms with Crippen LogP contribution in [0, 0.1) is 12.8 Å². The molecule has 0 radical (unpaired) electrons. The zero-order valence-corrected chi connectivity index (χ0v) is 19.0. The molecule has 0 aromatic carbocycles. The third kappa shape index (κ3) is 6.08. The van der Waals surface area contributed by atoms with Crippen LogP contribution in [0.25, 0.3) is 6.08 Å². The molecular formula is C23H32ClN5O. The van der Waals surface area contributed by atoms with E-state index >= 15 is 0 Å². The van der Waals surface area contributed by atoms with Crippen molar-refractivity contribution in [2.45, 2.75) is 59.5 Å². The molecule has 0 unspecified atom stereocenters. The van der Waals surface area contributed by atoms with Crippen LogP contribution in [-0.4, -0.2) is 33.8 Å². The molecule has 0 saturated carbocycles. The number of aromatic nitrogens is 3. The van der Waals surface area contributed by atoms with Gasteiger partial charge in [-0.2, -0.15) is 5.10 Å². The van der Waals surface area contributed by atoms with E-state index in [9.17, 15) is 4.79 Å². The van der Waals surface area contributed by atoms with Gasteiger partial charge < -0.3 is 10.2 Å². The number of nitrogens with zero attached hydrogens (tertiary/aromatic N) is 4. The van der Waals surface area contributed by atoms with E-state index in [0.717, 1.165) is 42.3 Å². The lowest BCUT2D eigenvalue weighted by atomic mass is 10.2. The van der Waals surface area contributed by atoms with Gasteiger partial charge in [0.1, 0.15) is 11.0 Å². The van der Waals surface area contributed by atoms with Gasteiger partial charge in [0.2, 0.25) is 5.91 Å². The van der Waals surface area contributed by atoms with Crippen molar-refractivity contribution < 1.29 is 4.79 Å². The van der Waals surface area contributed by atoms with E-state index in [-0.39, 0.29) is 5.91 Å². The second kappa shape index (κ2) is 10.6. The molecule has 1 aliphatic heterocycles. The smallest absolute Gasteiger partial charge is 0.244 e. The molecule has 3 heterocycles. The van der Waals surface area contributed by atoms with Crippen LogP contribution < -0.4 is 10.2 Å². The molecule has 6 nitrogen and oxygen atoms in total. The zero-order valence-electron chi connectivity index (χ0n) is 18.2. The molecule has 7 heteroatoms. The van der Waals surface area contributed by atoms with Crippen LogP contribution >= 0.6 is 11.6 Å². The first-order valence-corrected chi connectivity index (χ1v) is 11.2. The Hall–Kier alpha value is -2.34. The van der Waals surface area contributed by atoms with Gasteiger partial charge in [-0.1, -0.05) is 44.4 Å². The Balaban J connectivity index is 1.54. The molecule has 0 atom stereocenters. The van der Waals surface area contributed by atoms with Crippen LogP contribution in [0.1, 0.15) is 56.4 Å². The molecule has 2 aromatic heterocycles. The molecule has 1 aliphatic rings. The van der Waals surface area contributed by atoms with Gasteiger partial charge in [0.25, 0.3) is 0 Å². The normalized spacial score (nSPS) is 15.0. The molecule has 1 saturated heterocycles. The van der Waals surface area contributed by atoms with Gasteiger partial charge in [0, 0.05) is 44.0 Å². The standard InChI is InChI=1S/C23H32ClN5O/c1-17(2)16-29-23(24)20(18(3)27-29)9-11-22(30)26-15-19-8-10-21(25-14-19)28-12-6-4-5-7-13-28/h8-11,14,17H,4-7,12-13,15-16H2,1-3H3,(H,26,30)/b11-9+. The summed E-state index contributed by atoms with van der Waals surface area (Å²) in [6.07, 6.45) is 10.2. The summed E-state index contributed by atoms with van der Waals surface area (Å²) in [5, 5.41) is 7.94. The minimum absolute atomic E-state index is 0.168. The molecule has 1 N–H and O–H groups in total. The Morgan fingerprint density at radius 3 is 2.60 bits per heavy atom. The SMILES string of the molecule is Cc1nn(CC(C)C)c(Cl)c1/C=C/C(=O)NCc1ccc(N2CCCCCC2)nc1. The zero-order chi connectivity index (χ0) is 21.5. The van der Waals surface area contributed by atoms with Gasteiger partial charge in [-0.15, -0.1) is 0 Å². The lowest BCUT2D eigenvalue weighted by Crippen LogP contribution is -2.25. The summed E-state index contributed by atoms with van der Waals surface area (Å²) >= 11 is 6.42. The first kappa shape index (κ1) is 22.3. The van der Waals surface area contributed by atoms with Crippen LogP contribution in [0.5, 0.6) is 0 Å². The first-order chi connectivity index (χ1) is 14.4. The van der Waals surface area contributed by atoms with Gasteiger partial charge in [-0.25, -0.2) is 4.98 Å². The number of anilines is 1. The minimum atomic E-state index is -0.168. The van der Waals surface area contributed by atoms with E-state index in [1.165, 1.54) is 31.8 Å². The molecule has 1 fully saturated rings. The summed E-state index contributed by atoms with van der Waals surface area (Å²) in [6.45, 7) is 9.47. The van der Waals surface area contributed by atoms with Gasteiger partial charge in [0.05, 0.1) is 5.69 Å². The summed E-state index contributed by atoms with van der Waals surface area (Å²) in [4.78, 5) is 19.2. The summed E-state index contributed by atoms with van der Waals surface area (Å²) in [7, 11) is 0. The number of hydrogen-bond acceptors (Lipinski definition) is 4. The van der Waals surface area contributed by atoms with E-state index in [4.69, 9.17) is 11.6 Å². The number of aryl methyl sites for hydroxylation is 1. The highest BCUT2D eigenvalue weighted by Crippen LogP contribution is 2.22. The maximum absolute atomic E-state index is 12.3. The van der Waals surface area contributed by atoms with E-state index in [2.05, 4.69) is 40.2 Å². The lowest BCUT2D eigenvalue weighted by molar-refractivity contribution is -0.116. The highest BCUT2D eigenvalue weighted by atomic mass is 35.5. The Bertz CT molecular complexity index is 864. The molecule has 162 valence electrons. The number of amides is 1. The average Bonchev–Trinajstić information content (AvgIpc) is 2.91. The van der Waals surface area contributed by atoms with Gasteiger partial charge >= 0.3 is 0 Å². The summed E-state index contributed by atoms with van der Waals surface area (Å²) < 4.78 is 1.79. The Labute approximate surface area is 184 Å². The fourth-order valence-corrected chi connectivity index (χ4v) is 3.95. The number of carbonyl (C=O) groups excluding carboxylic acids is 1. The lowest BCUT2D eigenvalue weighted by Gasteiger charge is -2.21. The fourth-order valence-electron chi connectivity index (χ4n) is 3.64. The second-order valence-electron chi connectivity index (χ2n) is 8.34. The minimum Gasteiger partial charge on any atom is -0.357 e. The van der Waals surface area contributed by atoms with Crippen LogP contribution in [0.3, 0.4) is 0 Å². The monoisotopic (exact) mass is 429 g/mol. The molecule has 1 amide bonds. The van der Waals surface area contributed by atoms with Crippen molar-refractivity contribution in [2.24, 2.45) is 5.92 Å². The van der Waals surface area contributed by atoms with Gasteiger partial charge in [-0.3, -0.25) is 9.48 Å². The predicted octanol–water partition coefficient (Wildman–Crippen LogP) is 4.61. The molecule has 0 spiro atoms. The molecule has 0 bridgehead atoms. The average molecular weight is 430 g/mol. The van der Waals surface area contributed by atoms with Crippen LogP contribution in [0.2, 0.25) is 5.15 Å². The third-order valence-electron chi connectivity index (χ3n) is 5.25. The van der Waals surface area contributed by atoms with E-state index in [0.29, 0.717) is 17.6 Å². The summed E-state index contributed by atoms with van der Waals surface area (Å²) in [6, 6.07) is 4.09. The molecular weight excluding hydrogens is 398 g/mol. The molecule has 0 aliphatic carbocycles. The van der Waals surface area contributed by atoms with Crippen molar-refractivity contribution in [3.63, 3.8) is 0 Å². The number of pyridine rings is 1. The number of nitrogens with one attached hydrogen (secondary N) is 1. The second-order valence-corrected chi connectivity index (χ2v) is 8.70. The van der Waals surface area contributed by atoms with Crippen molar-refractivity contribution in [3.8, 4) is 0 Å². The van der Waals surface area contributed by atoms with E-state index < -0.39 is 0 Å². The van der Waals surface area contributed by atoms with Crippen LogP contribution in [0.4, 0.5) is 5.82 Å². The van der Waals surface area contributed by atoms with Crippen LogP contribution in [-0.2, 0) is 17.9 Å². The van der Waals surface area contributed by atoms with E-state index in [1.807, 2.05) is 19.2 Å². The Morgan fingerprint density at radius 1 is 1.23 bits per heavy atom. The fraction of sp³-hybridized carbons (Fsp3) is 0.522. The predicted molar refractivity (Wildman–Crippen MR) is 123 cm³/mol. The van der Waals surface area contributed by atoms with Crippen molar-refractivity contribution in [1.82, 2.24) is 20.1 Å². The number of hydrogen-bond donors (Lipinski definition) is 1. The van der Waals surface area contributed by atoms with Crippen LogP contribution in [0.15, 0.2) is 24.4 Å². The number of halogens is 1. The van der Waals surface area contributed by atoms with E-state index in [1.54, 1.807) is 10.8 Å². The topological polar surface area (TPSA) is 63.1 Å². The van der Waals surface area contributed by atoms with Crippen molar-refractivity contribution in [3.05, 3.63) is 46.4 Å². The highest BCUT2D eigenvalue weighted by molar-refractivity contribution is 6.31. The molecule has 30 heavy (non-hydrogen) atoms. The quantitative estimate of drug-likeness (QED) is 0.653. The first-order valence-electron chi connectivity index (χ1n) is 10.8. The third-order valence-corrected chi connectivity index (χ3v) is 5.65. The highest BCUT2D eigenvalue weighted by Gasteiger charge is 2.13. The number of rotatable bonds is 7. The van der Waals surface area contributed by atoms with Crippen molar-refractivity contribution >= 4 is 29.4 Å².